The zero-order valence-corrected chi connectivity index (χ0v) is 11.0. The Morgan fingerprint density at radius 1 is 1.56 bits per heavy atom. The molecule has 0 bridgehead atoms. The highest BCUT2D eigenvalue weighted by Gasteiger charge is 2.31. The van der Waals surface area contributed by atoms with Crippen LogP contribution in [-0.4, -0.2) is 61.0 Å². The maximum absolute atomic E-state index is 9.42. The van der Waals surface area contributed by atoms with Gasteiger partial charge >= 0.3 is 0 Å². The van der Waals surface area contributed by atoms with E-state index in [1.165, 1.54) is 0 Å². The molecule has 1 aliphatic heterocycles. The van der Waals surface area contributed by atoms with Crippen molar-refractivity contribution in [1.82, 2.24) is 10.2 Å². The highest BCUT2D eigenvalue weighted by molar-refractivity contribution is 4.89. The van der Waals surface area contributed by atoms with Crippen molar-refractivity contribution in [3.05, 3.63) is 0 Å². The first-order valence-corrected chi connectivity index (χ1v) is 6.20. The van der Waals surface area contributed by atoms with E-state index in [9.17, 15) is 5.11 Å². The highest BCUT2D eigenvalue weighted by Crippen LogP contribution is 2.17. The van der Waals surface area contributed by atoms with Gasteiger partial charge in [0.05, 0.1) is 24.9 Å². The summed E-state index contributed by atoms with van der Waals surface area (Å²) in [4.78, 5) is 2.43. The Labute approximate surface area is 99.0 Å². The Hall–Kier alpha value is -0.160. The number of hydrogen-bond acceptors (Lipinski definition) is 4. The van der Waals surface area contributed by atoms with Crippen LogP contribution in [0.25, 0.3) is 0 Å². The van der Waals surface area contributed by atoms with Crippen LogP contribution in [0.2, 0.25) is 0 Å². The van der Waals surface area contributed by atoms with Crippen LogP contribution < -0.4 is 5.32 Å². The molecule has 0 aromatic rings. The molecule has 0 spiro atoms. The number of hydrogen-bond donors (Lipinski definition) is 2. The van der Waals surface area contributed by atoms with Gasteiger partial charge in [0.2, 0.25) is 0 Å². The fraction of sp³-hybridized carbons (Fsp3) is 1.00. The number of nitrogens with one attached hydrogen (secondary N) is 1. The number of rotatable bonds is 5. The molecular weight excluding hydrogens is 204 g/mol. The Morgan fingerprint density at radius 2 is 2.25 bits per heavy atom. The second-order valence-electron chi connectivity index (χ2n) is 5.10. The van der Waals surface area contributed by atoms with E-state index >= 15 is 0 Å². The topological polar surface area (TPSA) is 44.7 Å². The molecule has 4 heteroatoms. The molecule has 1 fully saturated rings. The molecule has 1 saturated heterocycles. The maximum atomic E-state index is 9.42. The molecule has 3 unspecified atom stereocenters. The Morgan fingerprint density at radius 3 is 2.75 bits per heavy atom. The van der Waals surface area contributed by atoms with Crippen molar-refractivity contribution < 1.29 is 9.84 Å². The van der Waals surface area contributed by atoms with Crippen LogP contribution in [0, 0.1) is 0 Å². The summed E-state index contributed by atoms with van der Waals surface area (Å²) >= 11 is 0. The van der Waals surface area contributed by atoms with Crippen molar-refractivity contribution in [2.45, 2.75) is 44.9 Å². The van der Waals surface area contributed by atoms with Gasteiger partial charge in [-0.1, -0.05) is 6.92 Å². The average molecular weight is 230 g/mol. The van der Waals surface area contributed by atoms with Crippen LogP contribution in [0.4, 0.5) is 0 Å². The van der Waals surface area contributed by atoms with Gasteiger partial charge in [0.1, 0.15) is 0 Å². The molecule has 0 radical (unpaired) electrons. The minimum absolute atomic E-state index is 0.158. The lowest BCUT2D eigenvalue weighted by Crippen LogP contribution is -2.58. The van der Waals surface area contributed by atoms with E-state index in [0.29, 0.717) is 12.1 Å². The monoisotopic (exact) mass is 230 g/mol. The first-order chi connectivity index (χ1) is 7.54. The predicted molar refractivity (Wildman–Crippen MR) is 65.6 cm³/mol. The smallest absolute Gasteiger partial charge is 0.0674 e. The fourth-order valence-corrected chi connectivity index (χ4v) is 2.14. The third-order valence-corrected chi connectivity index (χ3v) is 3.56. The molecule has 2 N–H and O–H groups in total. The van der Waals surface area contributed by atoms with Gasteiger partial charge in [-0.05, 0) is 27.3 Å². The summed E-state index contributed by atoms with van der Waals surface area (Å²) in [5.74, 6) is 0. The molecular formula is C12H26N2O2. The fourth-order valence-electron chi connectivity index (χ4n) is 2.14. The molecule has 0 aromatic carbocycles. The second-order valence-corrected chi connectivity index (χ2v) is 5.10. The van der Waals surface area contributed by atoms with Crippen molar-refractivity contribution in [2.75, 3.05) is 33.4 Å². The van der Waals surface area contributed by atoms with Gasteiger partial charge in [-0.3, -0.25) is 4.90 Å². The molecule has 16 heavy (non-hydrogen) atoms. The molecule has 0 aliphatic carbocycles. The average Bonchev–Trinajstić information content (AvgIpc) is 2.29. The van der Waals surface area contributed by atoms with E-state index in [2.05, 4.69) is 31.0 Å². The third-order valence-electron chi connectivity index (χ3n) is 3.56. The number of morpholine rings is 1. The van der Waals surface area contributed by atoms with Gasteiger partial charge in [0.15, 0.2) is 0 Å². The van der Waals surface area contributed by atoms with E-state index in [1.807, 2.05) is 7.05 Å². The number of likely N-dealkylation sites (N-methyl/N-ethyl adjacent to an activating group) is 1. The minimum atomic E-state index is -0.218. The zero-order chi connectivity index (χ0) is 12.2. The Bertz CT molecular complexity index is 207. The van der Waals surface area contributed by atoms with Crippen LogP contribution >= 0.6 is 0 Å². The minimum Gasteiger partial charge on any atom is -0.394 e. The Balaban J connectivity index is 2.61. The predicted octanol–water partition coefficient (Wildman–Crippen LogP) is 0.456. The number of nitrogens with zero attached hydrogens (tertiary/aromatic N) is 1. The normalized spacial score (nSPS) is 31.3. The van der Waals surface area contributed by atoms with E-state index in [-0.39, 0.29) is 12.1 Å². The van der Waals surface area contributed by atoms with Crippen LogP contribution in [0.15, 0.2) is 0 Å². The zero-order valence-electron chi connectivity index (χ0n) is 11.0. The lowest BCUT2D eigenvalue weighted by molar-refractivity contribution is -0.0661. The number of aliphatic hydroxyl groups is 1. The van der Waals surface area contributed by atoms with E-state index in [0.717, 1.165) is 26.1 Å². The Kier molecular flexibility index (Phi) is 5.18. The summed E-state index contributed by atoms with van der Waals surface area (Å²) in [6.07, 6.45) is 1.39. The first kappa shape index (κ1) is 13.9. The molecule has 0 saturated carbocycles. The summed E-state index contributed by atoms with van der Waals surface area (Å²) in [6, 6.07) is 0.482. The summed E-state index contributed by atoms with van der Waals surface area (Å²) in [7, 11) is 1.90. The van der Waals surface area contributed by atoms with Gasteiger partial charge < -0.3 is 15.2 Å². The summed E-state index contributed by atoms with van der Waals surface area (Å²) < 4.78 is 5.67. The van der Waals surface area contributed by atoms with Crippen LogP contribution in [0.5, 0.6) is 0 Å². The van der Waals surface area contributed by atoms with Crippen molar-refractivity contribution in [3.63, 3.8) is 0 Å². The van der Waals surface area contributed by atoms with Gasteiger partial charge in [-0.25, -0.2) is 0 Å². The third kappa shape index (κ3) is 3.42. The molecule has 1 heterocycles. The van der Waals surface area contributed by atoms with Gasteiger partial charge in [-0.2, -0.15) is 0 Å². The largest absolute Gasteiger partial charge is 0.394 e. The molecule has 0 aromatic heterocycles. The van der Waals surface area contributed by atoms with Crippen molar-refractivity contribution >= 4 is 0 Å². The lowest BCUT2D eigenvalue weighted by Gasteiger charge is -2.42. The molecule has 4 nitrogen and oxygen atoms in total. The van der Waals surface area contributed by atoms with Crippen molar-refractivity contribution in [3.8, 4) is 0 Å². The van der Waals surface area contributed by atoms with E-state index < -0.39 is 0 Å². The summed E-state index contributed by atoms with van der Waals surface area (Å²) in [5, 5.41) is 12.6. The lowest BCUT2D eigenvalue weighted by atomic mass is 10.0. The van der Waals surface area contributed by atoms with Gasteiger partial charge in [-0.15, -0.1) is 0 Å². The van der Waals surface area contributed by atoms with E-state index in [1.54, 1.807) is 0 Å². The quantitative estimate of drug-likeness (QED) is 0.720. The molecule has 0 amide bonds. The maximum Gasteiger partial charge on any atom is 0.0674 e. The summed E-state index contributed by atoms with van der Waals surface area (Å²) in [6.45, 7) is 9.14. The number of aliphatic hydroxyl groups excluding tert-OH is 1. The summed E-state index contributed by atoms with van der Waals surface area (Å²) in [5.41, 5.74) is -0.218. The molecule has 1 aliphatic rings. The van der Waals surface area contributed by atoms with E-state index in [4.69, 9.17) is 4.74 Å². The highest BCUT2D eigenvalue weighted by atomic mass is 16.5. The van der Waals surface area contributed by atoms with Gasteiger partial charge in [0, 0.05) is 19.1 Å². The van der Waals surface area contributed by atoms with Crippen LogP contribution in [-0.2, 0) is 4.74 Å². The molecule has 1 rings (SSSR count). The standard InChI is InChI=1S/C12H26N2O2/c1-5-11-7-16-10(2)6-14(11)8-12(3,9-15)13-4/h10-11,13,15H,5-9H2,1-4H3. The van der Waals surface area contributed by atoms with Crippen LogP contribution in [0.3, 0.4) is 0 Å². The SMILES string of the molecule is CCC1COC(C)CN1CC(C)(CO)NC. The van der Waals surface area contributed by atoms with Crippen LogP contribution in [0.1, 0.15) is 27.2 Å². The van der Waals surface area contributed by atoms with Crippen molar-refractivity contribution in [1.29, 1.82) is 0 Å². The number of ether oxygens (including phenoxy) is 1. The van der Waals surface area contributed by atoms with Crippen molar-refractivity contribution in [2.24, 2.45) is 0 Å². The first-order valence-electron chi connectivity index (χ1n) is 6.20. The molecule has 96 valence electrons. The molecule has 3 atom stereocenters. The van der Waals surface area contributed by atoms with Gasteiger partial charge in [0.25, 0.3) is 0 Å². The second kappa shape index (κ2) is 5.96.